The van der Waals surface area contributed by atoms with Crippen molar-refractivity contribution in [2.75, 3.05) is 19.6 Å². The van der Waals surface area contributed by atoms with Crippen molar-refractivity contribution in [3.05, 3.63) is 58.9 Å². The Labute approximate surface area is 152 Å². The Morgan fingerprint density at radius 1 is 1.21 bits per heavy atom. The fraction of sp³-hybridized carbons (Fsp3) is 0.278. The average Bonchev–Trinajstić information content (AvgIpc) is 3.04. The maximum absolute atomic E-state index is 14.4. The van der Waals surface area contributed by atoms with Crippen LogP contribution in [0.5, 0.6) is 0 Å². The Morgan fingerprint density at radius 2 is 1.88 bits per heavy atom. The van der Waals surface area contributed by atoms with E-state index in [0.717, 1.165) is 17.5 Å². The van der Waals surface area contributed by atoms with Crippen LogP contribution in [0.1, 0.15) is 16.8 Å². The number of carbonyl (C=O) groups is 1. The van der Waals surface area contributed by atoms with Gasteiger partial charge in [0.15, 0.2) is 0 Å². The first kappa shape index (κ1) is 18.7. The van der Waals surface area contributed by atoms with Crippen LogP contribution in [-0.2, 0) is 0 Å². The van der Waals surface area contributed by atoms with E-state index in [9.17, 15) is 9.18 Å². The average molecular weight is 369 g/mol. The lowest BCUT2D eigenvalue weighted by Crippen LogP contribution is -2.30. The molecule has 0 radical (unpaired) electrons. The molecule has 0 spiro atoms. The van der Waals surface area contributed by atoms with Crippen LogP contribution < -0.4 is 5.73 Å². The van der Waals surface area contributed by atoms with E-state index in [-0.39, 0.29) is 23.9 Å². The topological polar surface area (TPSA) is 46.3 Å². The van der Waals surface area contributed by atoms with Crippen LogP contribution >= 0.6 is 24.0 Å². The molecule has 2 aromatic carbocycles. The van der Waals surface area contributed by atoms with Crippen LogP contribution in [0.25, 0.3) is 11.1 Å². The first-order valence-corrected chi connectivity index (χ1v) is 8.01. The number of carbonyl (C=O) groups excluding carboxylic acids is 1. The Balaban J connectivity index is 0.00000208. The summed E-state index contributed by atoms with van der Waals surface area (Å²) >= 11 is 5.86. The number of nitrogens with two attached hydrogens (primary N) is 1. The Bertz CT molecular complexity index is 721. The van der Waals surface area contributed by atoms with E-state index in [0.29, 0.717) is 30.6 Å². The molecule has 1 aliphatic rings. The molecule has 1 saturated heterocycles. The minimum Gasteiger partial charge on any atom is -0.338 e. The zero-order chi connectivity index (χ0) is 16.4. The highest BCUT2D eigenvalue weighted by atomic mass is 35.5. The van der Waals surface area contributed by atoms with E-state index in [2.05, 4.69) is 0 Å². The number of amides is 1. The maximum atomic E-state index is 14.4. The van der Waals surface area contributed by atoms with Gasteiger partial charge in [-0.2, -0.15) is 0 Å². The highest BCUT2D eigenvalue weighted by Crippen LogP contribution is 2.25. The summed E-state index contributed by atoms with van der Waals surface area (Å²) in [6, 6.07) is 11.9. The molecule has 1 aliphatic heterocycles. The summed E-state index contributed by atoms with van der Waals surface area (Å²) in [6.07, 6.45) is 0.882. The van der Waals surface area contributed by atoms with E-state index in [4.69, 9.17) is 17.3 Å². The van der Waals surface area contributed by atoms with E-state index in [1.165, 1.54) is 6.07 Å². The molecule has 3 nitrogen and oxygen atoms in total. The zero-order valence-corrected chi connectivity index (χ0v) is 14.6. The summed E-state index contributed by atoms with van der Waals surface area (Å²) in [4.78, 5) is 14.1. The molecule has 0 saturated carbocycles. The minimum absolute atomic E-state index is 0. The standard InChI is InChI=1S/C18H18ClFN2O.ClH/c19-15-4-1-13(2-5-15)14-3-6-16(17(20)9-14)18(23)22-8-7-12(10-21)11-22;/h1-6,9,12H,7-8,10-11,21H2;1H. The lowest BCUT2D eigenvalue weighted by molar-refractivity contribution is 0.0783. The third-order valence-corrected chi connectivity index (χ3v) is 4.54. The summed E-state index contributed by atoms with van der Waals surface area (Å²) in [7, 11) is 0. The highest BCUT2D eigenvalue weighted by Gasteiger charge is 2.27. The quantitative estimate of drug-likeness (QED) is 0.889. The molecule has 6 heteroatoms. The van der Waals surface area contributed by atoms with Gasteiger partial charge >= 0.3 is 0 Å². The molecule has 24 heavy (non-hydrogen) atoms. The maximum Gasteiger partial charge on any atom is 0.256 e. The van der Waals surface area contributed by atoms with Crippen LogP contribution in [-0.4, -0.2) is 30.4 Å². The number of nitrogens with zero attached hydrogens (tertiary/aromatic N) is 1. The highest BCUT2D eigenvalue weighted by molar-refractivity contribution is 6.30. The number of rotatable bonds is 3. The van der Waals surface area contributed by atoms with Gasteiger partial charge in [0, 0.05) is 18.1 Å². The van der Waals surface area contributed by atoms with E-state index in [1.807, 2.05) is 12.1 Å². The van der Waals surface area contributed by atoms with Gasteiger partial charge in [0.05, 0.1) is 5.56 Å². The smallest absolute Gasteiger partial charge is 0.256 e. The van der Waals surface area contributed by atoms with E-state index >= 15 is 0 Å². The van der Waals surface area contributed by atoms with Gasteiger partial charge in [-0.15, -0.1) is 12.4 Å². The summed E-state index contributed by atoms with van der Waals surface area (Å²) < 4.78 is 14.4. The fourth-order valence-corrected chi connectivity index (χ4v) is 3.02. The molecule has 128 valence electrons. The molecular formula is C18H19Cl2FN2O. The van der Waals surface area contributed by atoms with Gasteiger partial charge in [-0.25, -0.2) is 4.39 Å². The third-order valence-electron chi connectivity index (χ3n) is 4.28. The molecule has 2 aromatic rings. The fourth-order valence-electron chi connectivity index (χ4n) is 2.89. The van der Waals surface area contributed by atoms with Gasteiger partial charge in [-0.3, -0.25) is 4.79 Å². The van der Waals surface area contributed by atoms with Crippen molar-refractivity contribution < 1.29 is 9.18 Å². The lowest BCUT2D eigenvalue weighted by atomic mass is 10.0. The van der Waals surface area contributed by atoms with Gasteiger partial charge in [-0.1, -0.05) is 29.8 Å². The molecule has 0 bridgehead atoms. The van der Waals surface area contributed by atoms with Gasteiger partial charge in [0.2, 0.25) is 0 Å². The van der Waals surface area contributed by atoms with Gasteiger partial charge in [0.1, 0.15) is 5.82 Å². The Hall–Kier alpha value is -1.62. The summed E-state index contributed by atoms with van der Waals surface area (Å²) in [5.74, 6) is -0.449. The third kappa shape index (κ3) is 3.89. The number of hydrogen-bond acceptors (Lipinski definition) is 2. The van der Waals surface area contributed by atoms with Crippen molar-refractivity contribution in [3.8, 4) is 11.1 Å². The Morgan fingerprint density at radius 3 is 2.46 bits per heavy atom. The minimum atomic E-state index is -0.501. The van der Waals surface area contributed by atoms with Crippen LogP contribution in [0, 0.1) is 11.7 Å². The number of halogens is 3. The van der Waals surface area contributed by atoms with E-state index < -0.39 is 5.82 Å². The molecular weight excluding hydrogens is 350 g/mol. The molecule has 0 aliphatic carbocycles. The van der Waals surface area contributed by atoms with Crippen molar-refractivity contribution in [2.45, 2.75) is 6.42 Å². The Kier molecular flexibility index (Phi) is 6.21. The van der Waals surface area contributed by atoms with Crippen LogP contribution in [0.2, 0.25) is 5.02 Å². The number of benzene rings is 2. The SMILES string of the molecule is Cl.NCC1CCN(C(=O)c2ccc(-c3ccc(Cl)cc3)cc2F)C1. The van der Waals surface area contributed by atoms with Crippen molar-refractivity contribution >= 4 is 29.9 Å². The number of hydrogen-bond donors (Lipinski definition) is 1. The van der Waals surface area contributed by atoms with Crippen molar-refractivity contribution in [1.29, 1.82) is 0 Å². The lowest BCUT2D eigenvalue weighted by Gasteiger charge is -2.17. The molecule has 1 fully saturated rings. The second kappa shape index (κ2) is 7.97. The molecule has 0 aromatic heterocycles. The first-order valence-electron chi connectivity index (χ1n) is 7.63. The predicted octanol–water partition coefficient (Wildman–Crippen LogP) is 3.99. The van der Waals surface area contributed by atoms with Crippen molar-refractivity contribution in [3.63, 3.8) is 0 Å². The first-order chi connectivity index (χ1) is 11.1. The normalized spacial score (nSPS) is 16.8. The van der Waals surface area contributed by atoms with E-state index in [1.54, 1.807) is 29.2 Å². The monoisotopic (exact) mass is 368 g/mol. The van der Waals surface area contributed by atoms with Gasteiger partial charge < -0.3 is 10.6 Å². The summed E-state index contributed by atoms with van der Waals surface area (Å²) in [5, 5.41) is 0.629. The predicted molar refractivity (Wildman–Crippen MR) is 97.2 cm³/mol. The van der Waals surface area contributed by atoms with Crippen LogP contribution in [0.15, 0.2) is 42.5 Å². The summed E-state index contributed by atoms with van der Waals surface area (Å²) in [5.41, 5.74) is 7.33. The second-order valence-corrected chi connectivity index (χ2v) is 6.28. The molecule has 1 unspecified atom stereocenters. The van der Waals surface area contributed by atoms with Crippen LogP contribution in [0.3, 0.4) is 0 Å². The van der Waals surface area contributed by atoms with Gasteiger partial charge in [-0.05, 0) is 54.3 Å². The van der Waals surface area contributed by atoms with Crippen molar-refractivity contribution in [2.24, 2.45) is 11.7 Å². The van der Waals surface area contributed by atoms with Crippen molar-refractivity contribution in [1.82, 2.24) is 4.90 Å². The zero-order valence-electron chi connectivity index (χ0n) is 13.0. The number of likely N-dealkylation sites (tertiary alicyclic amines) is 1. The second-order valence-electron chi connectivity index (χ2n) is 5.84. The molecule has 1 heterocycles. The molecule has 3 rings (SSSR count). The van der Waals surface area contributed by atoms with Gasteiger partial charge in [0.25, 0.3) is 5.91 Å². The molecule has 1 atom stereocenters. The molecule has 1 amide bonds. The summed E-state index contributed by atoms with van der Waals surface area (Å²) in [6.45, 7) is 1.80. The largest absolute Gasteiger partial charge is 0.338 e. The molecule has 2 N–H and O–H groups in total. The van der Waals surface area contributed by atoms with Crippen LogP contribution in [0.4, 0.5) is 4.39 Å².